The third kappa shape index (κ3) is 4.48. The molecule has 3 heterocycles. The first kappa shape index (κ1) is 21.6. The molecule has 0 aliphatic heterocycles. The van der Waals surface area contributed by atoms with Gasteiger partial charge in [-0.2, -0.15) is 15.5 Å². The maximum Gasteiger partial charge on any atom is 0.227 e. The van der Waals surface area contributed by atoms with Crippen LogP contribution in [0.3, 0.4) is 0 Å². The Labute approximate surface area is 198 Å². The first-order valence-electron chi connectivity index (χ1n) is 11.4. The highest BCUT2D eigenvalue weighted by Crippen LogP contribution is 2.37. The molecule has 9 heteroatoms. The van der Waals surface area contributed by atoms with Crippen LogP contribution in [-0.2, 0) is 0 Å². The fourth-order valence-electron chi connectivity index (χ4n) is 4.59. The second-order valence-electron chi connectivity index (χ2n) is 8.42. The van der Waals surface area contributed by atoms with Gasteiger partial charge in [0.05, 0.1) is 43.7 Å². The first-order chi connectivity index (χ1) is 16.7. The van der Waals surface area contributed by atoms with Crippen LogP contribution in [0.4, 0.5) is 11.6 Å². The number of ether oxygens (including phenoxy) is 1. The van der Waals surface area contributed by atoms with Gasteiger partial charge in [-0.1, -0.05) is 12.8 Å². The second kappa shape index (κ2) is 9.75. The molecule has 0 radical (unpaired) electrons. The minimum atomic E-state index is 0.0833. The molecular formula is C25H26N8O. The fourth-order valence-corrected chi connectivity index (χ4v) is 4.59. The third-order valence-corrected chi connectivity index (χ3v) is 6.33. The van der Waals surface area contributed by atoms with Crippen LogP contribution in [0.15, 0.2) is 61.3 Å². The Morgan fingerprint density at radius 1 is 1.18 bits per heavy atom. The van der Waals surface area contributed by atoms with Crippen LogP contribution in [0.1, 0.15) is 38.1 Å². The summed E-state index contributed by atoms with van der Waals surface area (Å²) in [6.45, 7) is 0. The van der Waals surface area contributed by atoms with Gasteiger partial charge in [0.15, 0.2) is 5.75 Å². The van der Waals surface area contributed by atoms with Crippen LogP contribution in [0.5, 0.6) is 5.75 Å². The molecule has 1 aliphatic carbocycles. The van der Waals surface area contributed by atoms with Gasteiger partial charge >= 0.3 is 0 Å². The SMILES string of the molecule is COc1cnc(Nc2ccc(-n3cccn3)cc2)nc1-c1cnn(C(CC#N)C2CCCC2)c1. The summed E-state index contributed by atoms with van der Waals surface area (Å²) in [4.78, 5) is 9.12. The quantitative estimate of drug-likeness (QED) is 0.402. The summed E-state index contributed by atoms with van der Waals surface area (Å²) < 4.78 is 9.26. The van der Waals surface area contributed by atoms with Gasteiger partial charge in [0.25, 0.3) is 0 Å². The van der Waals surface area contributed by atoms with Gasteiger partial charge in [-0.25, -0.2) is 14.6 Å². The molecule has 0 amide bonds. The maximum absolute atomic E-state index is 9.37. The largest absolute Gasteiger partial charge is 0.493 e. The van der Waals surface area contributed by atoms with Crippen molar-refractivity contribution >= 4 is 11.6 Å². The van der Waals surface area contributed by atoms with E-state index in [4.69, 9.17) is 9.72 Å². The summed E-state index contributed by atoms with van der Waals surface area (Å²) in [7, 11) is 1.60. The van der Waals surface area contributed by atoms with Crippen LogP contribution in [0, 0.1) is 17.2 Å². The number of rotatable bonds is 8. The van der Waals surface area contributed by atoms with Crippen molar-refractivity contribution in [3.8, 4) is 28.8 Å². The highest BCUT2D eigenvalue weighted by Gasteiger charge is 2.27. The average Bonchev–Trinajstić information content (AvgIpc) is 3.66. The predicted octanol–water partition coefficient (Wildman–Crippen LogP) is 4.92. The van der Waals surface area contributed by atoms with E-state index in [0.717, 1.165) is 29.8 Å². The Morgan fingerprint density at radius 3 is 2.71 bits per heavy atom. The van der Waals surface area contributed by atoms with E-state index in [0.29, 0.717) is 29.7 Å². The standard InChI is InChI=1S/C25H26N8O/c1-34-23-16-27-25(30-20-7-9-21(10-8-20)32-14-4-13-28-32)31-24(23)19-15-29-33(17-19)22(11-12-26)18-5-2-3-6-18/h4,7-10,13-18,22H,2-3,5-6,11H2,1H3,(H,27,30,31). The van der Waals surface area contributed by atoms with Crippen LogP contribution >= 0.6 is 0 Å². The predicted molar refractivity (Wildman–Crippen MR) is 128 cm³/mol. The Kier molecular flexibility index (Phi) is 6.21. The van der Waals surface area contributed by atoms with Gasteiger partial charge in [-0.05, 0) is 49.1 Å². The minimum Gasteiger partial charge on any atom is -0.493 e. The Morgan fingerprint density at radius 2 is 2.00 bits per heavy atom. The lowest BCUT2D eigenvalue weighted by Gasteiger charge is -2.21. The van der Waals surface area contributed by atoms with Crippen molar-refractivity contribution in [3.63, 3.8) is 0 Å². The summed E-state index contributed by atoms with van der Waals surface area (Å²) in [5.41, 5.74) is 3.31. The fraction of sp³-hybridized carbons (Fsp3) is 0.320. The van der Waals surface area contributed by atoms with E-state index >= 15 is 0 Å². The molecule has 0 saturated heterocycles. The average molecular weight is 455 g/mol. The molecule has 172 valence electrons. The van der Waals surface area contributed by atoms with E-state index < -0.39 is 0 Å². The molecule has 3 aromatic heterocycles. The summed E-state index contributed by atoms with van der Waals surface area (Å²) >= 11 is 0. The number of nitrogens with zero attached hydrogens (tertiary/aromatic N) is 7. The molecule has 1 fully saturated rings. The normalized spacial score (nSPS) is 14.6. The van der Waals surface area contributed by atoms with Gasteiger partial charge in [-0.3, -0.25) is 4.68 Å². The lowest BCUT2D eigenvalue weighted by Crippen LogP contribution is -2.17. The van der Waals surface area contributed by atoms with Crippen LogP contribution in [-0.4, -0.2) is 36.6 Å². The molecule has 1 saturated carbocycles. The molecule has 4 aromatic rings. The number of aromatic nitrogens is 6. The zero-order chi connectivity index (χ0) is 23.3. The summed E-state index contributed by atoms with van der Waals surface area (Å²) in [6, 6.07) is 12.2. The molecular weight excluding hydrogens is 428 g/mol. The molecule has 1 aliphatic rings. The van der Waals surface area contributed by atoms with Crippen molar-refractivity contribution < 1.29 is 4.74 Å². The van der Waals surface area contributed by atoms with Crippen LogP contribution in [0.25, 0.3) is 16.9 Å². The number of nitriles is 1. The lowest BCUT2D eigenvalue weighted by atomic mass is 9.96. The van der Waals surface area contributed by atoms with Crippen molar-refractivity contribution in [2.24, 2.45) is 5.92 Å². The molecule has 5 rings (SSSR count). The topological polar surface area (TPSA) is 106 Å². The zero-order valence-electron chi connectivity index (χ0n) is 19.0. The third-order valence-electron chi connectivity index (χ3n) is 6.33. The summed E-state index contributed by atoms with van der Waals surface area (Å²) in [5.74, 6) is 1.51. The van der Waals surface area contributed by atoms with E-state index in [2.05, 4.69) is 26.6 Å². The van der Waals surface area contributed by atoms with Gasteiger partial charge in [0, 0.05) is 29.8 Å². The molecule has 1 unspecified atom stereocenters. The van der Waals surface area contributed by atoms with Crippen molar-refractivity contribution in [1.29, 1.82) is 5.26 Å². The number of anilines is 2. The molecule has 1 aromatic carbocycles. The van der Waals surface area contributed by atoms with Gasteiger partial charge in [0.2, 0.25) is 5.95 Å². The van der Waals surface area contributed by atoms with E-state index in [1.54, 1.807) is 30.4 Å². The number of nitrogens with one attached hydrogen (secondary N) is 1. The first-order valence-corrected chi connectivity index (χ1v) is 11.4. The van der Waals surface area contributed by atoms with Gasteiger partial charge in [-0.15, -0.1) is 0 Å². The zero-order valence-corrected chi connectivity index (χ0v) is 19.0. The monoisotopic (exact) mass is 454 g/mol. The van der Waals surface area contributed by atoms with Crippen molar-refractivity contribution in [2.45, 2.75) is 38.1 Å². The van der Waals surface area contributed by atoms with E-state index in [9.17, 15) is 5.26 Å². The van der Waals surface area contributed by atoms with E-state index in [1.807, 2.05) is 47.4 Å². The van der Waals surface area contributed by atoms with Crippen LogP contribution in [0.2, 0.25) is 0 Å². The number of benzene rings is 1. The Hall–Kier alpha value is -4.19. The number of hydrogen-bond donors (Lipinski definition) is 1. The highest BCUT2D eigenvalue weighted by atomic mass is 16.5. The molecule has 9 nitrogen and oxygen atoms in total. The van der Waals surface area contributed by atoms with Crippen LogP contribution < -0.4 is 10.1 Å². The Balaban J connectivity index is 1.39. The van der Waals surface area contributed by atoms with Crippen molar-refractivity contribution in [1.82, 2.24) is 29.5 Å². The maximum atomic E-state index is 9.37. The van der Waals surface area contributed by atoms with Gasteiger partial charge < -0.3 is 10.1 Å². The summed E-state index contributed by atoms with van der Waals surface area (Å²) in [5, 5.41) is 21.5. The van der Waals surface area contributed by atoms with E-state index in [1.165, 1.54) is 12.8 Å². The van der Waals surface area contributed by atoms with Gasteiger partial charge in [0.1, 0.15) is 5.69 Å². The number of methoxy groups -OCH3 is 1. The second-order valence-corrected chi connectivity index (χ2v) is 8.42. The summed E-state index contributed by atoms with van der Waals surface area (Å²) in [6.07, 6.45) is 14.2. The number of hydrogen-bond acceptors (Lipinski definition) is 7. The molecule has 1 N–H and O–H groups in total. The van der Waals surface area contributed by atoms with E-state index in [-0.39, 0.29) is 6.04 Å². The minimum absolute atomic E-state index is 0.0833. The molecule has 0 bridgehead atoms. The molecule has 0 spiro atoms. The molecule has 1 atom stereocenters. The Bertz CT molecular complexity index is 1270. The highest BCUT2D eigenvalue weighted by molar-refractivity contribution is 5.67. The van der Waals surface area contributed by atoms with Crippen molar-refractivity contribution in [2.75, 3.05) is 12.4 Å². The lowest BCUT2D eigenvalue weighted by molar-refractivity contribution is 0.315. The molecule has 34 heavy (non-hydrogen) atoms. The van der Waals surface area contributed by atoms with Crippen molar-refractivity contribution in [3.05, 3.63) is 61.3 Å². The smallest absolute Gasteiger partial charge is 0.227 e.